The monoisotopic (exact) mass is 305 g/mol. The lowest BCUT2D eigenvalue weighted by Gasteiger charge is -2.06. The molecular formula is C14H15N3O5. The maximum Gasteiger partial charge on any atom is 0.287 e. The van der Waals surface area contributed by atoms with Gasteiger partial charge in [-0.05, 0) is 24.3 Å². The van der Waals surface area contributed by atoms with Crippen LogP contribution in [-0.4, -0.2) is 30.8 Å². The molecule has 0 radical (unpaired) electrons. The van der Waals surface area contributed by atoms with Crippen molar-refractivity contribution in [1.29, 1.82) is 0 Å². The lowest BCUT2D eigenvalue weighted by molar-refractivity contribution is -0.125. The van der Waals surface area contributed by atoms with Gasteiger partial charge in [0, 0.05) is 0 Å². The van der Waals surface area contributed by atoms with Crippen LogP contribution >= 0.6 is 0 Å². The van der Waals surface area contributed by atoms with Crippen molar-refractivity contribution < 1.29 is 23.2 Å². The molecule has 0 aliphatic rings. The maximum absolute atomic E-state index is 11.5. The minimum absolute atomic E-state index is 0.115. The van der Waals surface area contributed by atoms with Crippen molar-refractivity contribution in [3.8, 4) is 0 Å². The van der Waals surface area contributed by atoms with E-state index in [2.05, 4.69) is 16.0 Å². The Balaban J connectivity index is 1.60. The summed E-state index contributed by atoms with van der Waals surface area (Å²) in [6, 6.07) is 6.49. The molecule has 8 nitrogen and oxygen atoms in total. The summed E-state index contributed by atoms with van der Waals surface area (Å²) >= 11 is 0. The van der Waals surface area contributed by atoms with Crippen molar-refractivity contribution in [2.24, 2.45) is 0 Å². The predicted molar refractivity (Wildman–Crippen MR) is 74.6 cm³/mol. The normalized spacial score (nSPS) is 10.0. The first kappa shape index (κ1) is 15.4. The van der Waals surface area contributed by atoms with E-state index in [9.17, 15) is 14.4 Å². The first-order valence-electron chi connectivity index (χ1n) is 6.52. The number of furan rings is 2. The van der Waals surface area contributed by atoms with Gasteiger partial charge in [0.1, 0.15) is 5.76 Å². The topological polar surface area (TPSA) is 114 Å². The zero-order valence-corrected chi connectivity index (χ0v) is 11.6. The van der Waals surface area contributed by atoms with Gasteiger partial charge in [-0.3, -0.25) is 14.4 Å². The van der Waals surface area contributed by atoms with E-state index in [1.54, 1.807) is 18.2 Å². The molecule has 22 heavy (non-hydrogen) atoms. The zero-order chi connectivity index (χ0) is 15.8. The van der Waals surface area contributed by atoms with Gasteiger partial charge in [-0.2, -0.15) is 0 Å². The minimum Gasteiger partial charge on any atom is -0.467 e. The number of hydrogen-bond acceptors (Lipinski definition) is 5. The molecule has 0 saturated heterocycles. The van der Waals surface area contributed by atoms with E-state index in [4.69, 9.17) is 8.83 Å². The highest BCUT2D eigenvalue weighted by Gasteiger charge is 2.11. The zero-order valence-electron chi connectivity index (χ0n) is 11.6. The van der Waals surface area contributed by atoms with Crippen LogP contribution in [0.25, 0.3) is 0 Å². The Labute approximate surface area is 125 Å². The van der Waals surface area contributed by atoms with E-state index in [-0.39, 0.29) is 31.3 Å². The summed E-state index contributed by atoms with van der Waals surface area (Å²) in [7, 11) is 0. The van der Waals surface area contributed by atoms with Gasteiger partial charge in [0.25, 0.3) is 5.91 Å². The van der Waals surface area contributed by atoms with E-state index in [0.717, 1.165) is 0 Å². The van der Waals surface area contributed by atoms with E-state index in [1.165, 1.54) is 18.6 Å². The molecule has 2 aromatic rings. The standard InChI is InChI=1S/C14H15N3O5/c18-12(15-7-10-3-1-5-21-10)8-16-13(19)9-17-14(20)11-4-2-6-22-11/h1-6H,7-9H2,(H,15,18)(H,16,19)(H,17,20). The molecule has 2 rings (SSSR count). The summed E-state index contributed by atoms with van der Waals surface area (Å²) in [5.41, 5.74) is 0. The SMILES string of the molecule is O=C(CNC(=O)CNC(=O)c1ccco1)NCc1ccco1. The molecule has 2 heterocycles. The lowest BCUT2D eigenvalue weighted by Crippen LogP contribution is -2.41. The summed E-state index contributed by atoms with van der Waals surface area (Å²) < 4.78 is 9.93. The molecule has 0 aliphatic heterocycles. The van der Waals surface area contributed by atoms with Crippen molar-refractivity contribution in [3.63, 3.8) is 0 Å². The number of amides is 3. The van der Waals surface area contributed by atoms with Gasteiger partial charge in [0.2, 0.25) is 11.8 Å². The molecule has 0 spiro atoms. The Morgan fingerprint density at radius 2 is 1.55 bits per heavy atom. The van der Waals surface area contributed by atoms with Gasteiger partial charge >= 0.3 is 0 Å². The van der Waals surface area contributed by atoms with Gasteiger partial charge in [0.15, 0.2) is 5.76 Å². The second kappa shape index (κ2) is 7.67. The molecule has 2 aromatic heterocycles. The Morgan fingerprint density at radius 1 is 0.864 bits per heavy atom. The highest BCUT2D eigenvalue weighted by atomic mass is 16.3. The second-order valence-electron chi connectivity index (χ2n) is 4.29. The fourth-order valence-corrected chi connectivity index (χ4v) is 1.56. The van der Waals surface area contributed by atoms with E-state index in [1.807, 2.05) is 0 Å². The van der Waals surface area contributed by atoms with Crippen molar-refractivity contribution in [1.82, 2.24) is 16.0 Å². The summed E-state index contributed by atoms with van der Waals surface area (Å²) in [4.78, 5) is 34.5. The third-order valence-electron chi connectivity index (χ3n) is 2.64. The smallest absolute Gasteiger partial charge is 0.287 e. The average Bonchev–Trinajstić information content (AvgIpc) is 3.21. The summed E-state index contributed by atoms with van der Waals surface area (Å²) in [6.45, 7) is -0.182. The maximum atomic E-state index is 11.5. The van der Waals surface area contributed by atoms with E-state index < -0.39 is 11.8 Å². The van der Waals surface area contributed by atoms with Crippen molar-refractivity contribution >= 4 is 17.7 Å². The van der Waals surface area contributed by atoms with E-state index >= 15 is 0 Å². The molecule has 0 atom stereocenters. The summed E-state index contributed by atoms with van der Waals surface area (Å²) in [5.74, 6) is -0.605. The number of rotatable bonds is 7. The van der Waals surface area contributed by atoms with Crippen LogP contribution in [0.5, 0.6) is 0 Å². The largest absolute Gasteiger partial charge is 0.467 e. The minimum atomic E-state index is -0.498. The molecule has 3 N–H and O–H groups in total. The van der Waals surface area contributed by atoms with Crippen molar-refractivity contribution in [2.45, 2.75) is 6.54 Å². The van der Waals surface area contributed by atoms with Crippen LogP contribution in [0, 0.1) is 0 Å². The Kier molecular flexibility index (Phi) is 5.36. The second-order valence-corrected chi connectivity index (χ2v) is 4.29. The van der Waals surface area contributed by atoms with Crippen LogP contribution in [0.3, 0.4) is 0 Å². The third kappa shape index (κ3) is 4.82. The van der Waals surface area contributed by atoms with Gasteiger partial charge < -0.3 is 24.8 Å². The van der Waals surface area contributed by atoms with Crippen LogP contribution in [0.15, 0.2) is 45.6 Å². The number of nitrogens with one attached hydrogen (secondary N) is 3. The first-order chi connectivity index (χ1) is 10.6. The molecule has 116 valence electrons. The van der Waals surface area contributed by atoms with Crippen LogP contribution in [0.2, 0.25) is 0 Å². The summed E-state index contributed by atoms with van der Waals surface area (Å²) in [5, 5.41) is 7.34. The molecule has 0 fully saturated rings. The molecular weight excluding hydrogens is 290 g/mol. The number of carbonyl (C=O) groups is 3. The molecule has 0 unspecified atom stereocenters. The van der Waals surface area contributed by atoms with E-state index in [0.29, 0.717) is 5.76 Å². The first-order valence-corrected chi connectivity index (χ1v) is 6.52. The Morgan fingerprint density at radius 3 is 2.23 bits per heavy atom. The van der Waals surface area contributed by atoms with Crippen LogP contribution in [-0.2, 0) is 16.1 Å². The van der Waals surface area contributed by atoms with Crippen LogP contribution in [0.1, 0.15) is 16.3 Å². The third-order valence-corrected chi connectivity index (χ3v) is 2.64. The van der Waals surface area contributed by atoms with Gasteiger partial charge in [-0.1, -0.05) is 0 Å². The Bertz CT molecular complexity index is 619. The average molecular weight is 305 g/mol. The van der Waals surface area contributed by atoms with Crippen LogP contribution in [0.4, 0.5) is 0 Å². The highest BCUT2D eigenvalue weighted by Crippen LogP contribution is 1.99. The molecule has 0 saturated carbocycles. The molecule has 0 aliphatic carbocycles. The Hall–Kier alpha value is -3.03. The predicted octanol–water partition coefficient (Wildman–Crippen LogP) is 0.0350. The van der Waals surface area contributed by atoms with Gasteiger partial charge in [-0.25, -0.2) is 0 Å². The lowest BCUT2D eigenvalue weighted by atomic mass is 10.4. The molecule has 8 heteroatoms. The van der Waals surface area contributed by atoms with Crippen molar-refractivity contribution in [2.75, 3.05) is 13.1 Å². The summed E-state index contributed by atoms with van der Waals surface area (Å²) in [6.07, 6.45) is 2.86. The van der Waals surface area contributed by atoms with Gasteiger partial charge in [0.05, 0.1) is 32.2 Å². The molecule has 0 aromatic carbocycles. The van der Waals surface area contributed by atoms with Crippen LogP contribution < -0.4 is 16.0 Å². The van der Waals surface area contributed by atoms with Crippen molar-refractivity contribution in [3.05, 3.63) is 48.3 Å². The van der Waals surface area contributed by atoms with Gasteiger partial charge in [-0.15, -0.1) is 0 Å². The molecule has 0 bridgehead atoms. The fourth-order valence-electron chi connectivity index (χ4n) is 1.56. The molecule has 3 amide bonds. The fraction of sp³-hybridized carbons (Fsp3) is 0.214. The quantitative estimate of drug-likeness (QED) is 0.668. The number of carbonyl (C=O) groups excluding carboxylic acids is 3. The number of hydrogen-bond donors (Lipinski definition) is 3. The highest BCUT2D eigenvalue weighted by molar-refractivity contribution is 5.94.